The van der Waals surface area contributed by atoms with Crippen molar-refractivity contribution in [3.63, 3.8) is 0 Å². The fraction of sp³-hybridized carbons (Fsp3) is 0.214. The minimum Gasteiger partial charge on any atom is -0.511 e. The molecule has 2 nitrogen and oxygen atoms in total. The Bertz CT molecular complexity index is 443. The second-order valence-electron chi connectivity index (χ2n) is 3.73. The van der Waals surface area contributed by atoms with Crippen molar-refractivity contribution >= 4 is 23.1 Å². The molecule has 0 radical (unpaired) electrons. The molecule has 3 heteroatoms. The zero-order chi connectivity index (χ0) is 12.8. The highest BCUT2D eigenvalue weighted by atomic mass is 32.2. The summed E-state index contributed by atoms with van der Waals surface area (Å²) < 4.78 is 0. The summed E-state index contributed by atoms with van der Waals surface area (Å²) in [6.45, 7) is 6.95. The fourth-order valence-corrected chi connectivity index (χ4v) is 2.27. The van der Waals surface area contributed by atoms with Gasteiger partial charge in [-0.1, -0.05) is 36.9 Å². The van der Waals surface area contributed by atoms with E-state index in [1.165, 1.54) is 25.6 Å². The van der Waals surface area contributed by atoms with Crippen molar-refractivity contribution < 1.29 is 9.90 Å². The molecule has 0 aliphatic rings. The number of ketones is 1. The second kappa shape index (κ2) is 6.30. The summed E-state index contributed by atoms with van der Waals surface area (Å²) >= 11 is 1.32. The van der Waals surface area contributed by atoms with Crippen molar-refractivity contribution in [2.45, 2.75) is 13.8 Å². The molecule has 90 valence electrons. The number of carbonyl (C=O) groups is 1. The third-order valence-corrected chi connectivity index (χ3v) is 3.59. The first-order valence-corrected chi connectivity index (χ1v) is 6.27. The maximum atomic E-state index is 11.3. The van der Waals surface area contributed by atoms with Crippen LogP contribution in [-0.2, 0) is 4.79 Å². The van der Waals surface area contributed by atoms with E-state index in [1.54, 1.807) is 0 Å². The van der Waals surface area contributed by atoms with Crippen molar-refractivity contribution in [2.24, 2.45) is 0 Å². The van der Waals surface area contributed by atoms with Gasteiger partial charge >= 0.3 is 0 Å². The number of aliphatic hydroxyl groups excluding tert-OH is 1. The van der Waals surface area contributed by atoms with E-state index in [0.717, 1.165) is 11.1 Å². The molecular formula is C14H16O2S. The van der Waals surface area contributed by atoms with Crippen molar-refractivity contribution in [3.05, 3.63) is 53.1 Å². The number of carbonyl (C=O) groups excluding carboxylic acids is 1. The lowest BCUT2D eigenvalue weighted by atomic mass is 10.1. The highest BCUT2D eigenvalue weighted by Crippen LogP contribution is 2.25. The molecule has 1 N–H and O–H groups in total. The Morgan fingerprint density at radius 1 is 1.29 bits per heavy atom. The van der Waals surface area contributed by atoms with Gasteiger partial charge < -0.3 is 5.11 Å². The molecule has 0 atom stereocenters. The smallest absolute Gasteiger partial charge is 0.169 e. The normalized spacial score (nSPS) is 11.9. The van der Waals surface area contributed by atoms with Crippen LogP contribution in [0.3, 0.4) is 0 Å². The summed E-state index contributed by atoms with van der Waals surface area (Å²) in [4.78, 5) is 11.7. The first-order valence-electron chi connectivity index (χ1n) is 5.29. The minimum absolute atomic E-state index is 0.0726. The van der Waals surface area contributed by atoms with Crippen LogP contribution < -0.4 is 0 Å². The number of hydrogen-bond donors (Lipinski definition) is 1. The van der Waals surface area contributed by atoms with Gasteiger partial charge in [0.2, 0.25) is 0 Å². The van der Waals surface area contributed by atoms with Gasteiger partial charge in [0.15, 0.2) is 5.78 Å². The Hall–Kier alpha value is -1.48. The summed E-state index contributed by atoms with van der Waals surface area (Å²) in [7, 11) is 0. The summed E-state index contributed by atoms with van der Waals surface area (Å²) in [5.74, 6) is 0.552. The van der Waals surface area contributed by atoms with Gasteiger partial charge in [-0.25, -0.2) is 0 Å². The summed E-state index contributed by atoms with van der Waals surface area (Å²) in [6, 6.07) is 9.80. The monoisotopic (exact) mass is 248 g/mol. The van der Waals surface area contributed by atoms with Crippen LogP contribution in [0.15, 0.2) is 47.6 Å². The molecule has 1 rings (SSSR count). The van der Waals surface area contributed by atoms with Crippen molar-refractivity contribution in [1.29, 1.82) is 0 Å². The van der Waals surface area contributed by atoms with Gasteiger partial charge in [0.05, 0.1) is 4.91 Å². The van der Waals surface area contributed by atoms with Crippen molar-refractivity contribution in [1.82, 2.24) is 0 Å². The molecular weight excluding hydrogens is 232 g/mol. The van der Waals surface area contributed by atoms with E-state index in [-0.39, 0.29) is 11.5 Å². The van der Waals surface area contributed by atoms with Gasteiger partial charge in [-0.3, -0.25) is 4.79 Å². The van der Waals surface area contributed by atoms with Gasteiger partial charge in [-0.2, -0.15) is 0 Å². The highest BCUT2D eigenvalue weighted by Gasteiger charge is 2.09. The molecule has 0 unspecified atom stereocenters. The van der Waals surface area contributed by atoms with Crippen LogP contribution in [0, 0.1) is 0 Å². The number of Topliss-reactive ketones (excluding diaryl/α,β-unsaturated/α-hetero) is 1. The van der Waals surface area contributed by atoms with Crippen LogP contribution in [0.1, 0.15) is 19.4 Å². The number of aliphatic hydroxyl groups is 1. The van der Waals surface area contributed by atoms with Gasteiger partial charge in [-0.05, 0) is 25.0 Å². The quantitative estimate of drug-likeness (QED) is 0.636. The lowest BCUT2D eigenvalue weighted by Gasteiger charge is -2.07. The Morgan fingerprint density at radius 2 is 1.88 bits per heavy atom. The molecule has 0 aliphatic carbocycles. The van der Waals surface area contributed by atoms with Crippen LogP contribution in [-0.4, -0.2) is 16.6 Å². The van der Waals surface area contributed by atoms with Crippen LogP contribution in [0.4, 0.5) is 0 Å². The minimum atomic E-state index is -0.115. The lowest BCUT2D eigenvalue weighted by molar-refractivity contribution is -0.113. The topological polar surface area (TPSA) is 37.3 Å². The van der Waals surface area contributed by atoms with Gasteiger partial charge in [0.1, 0.15) is 5.76 Å². The zero-order valence-corrected chi connectivity index (χ0v) is 10.9. The molecule has 0 amide bonds. The summed E-state index contributed by atoms with van der Waals surface area (Å²) in [5.41, 5.74) is 1.99. The number of benzene rings is 1. The van der Waals surface area contributed by atoms with Crippen LogP contribution in [0.5, 0.6) is 0 Å². The van der Waals surface area contributed by atoms with Crippen LogP contribution in [0.25, 0.3) is 5.57 Å². The van der Waals surface area contributed by atoms with Gasteiger partial charge in [0.25, 0.3) is 0 Å². The van der Waals surface area contributed by atoms with Crippen molar-refractivity contribution in [3.8, 4) is 0 Å². The van der Waals surface area contributed by atoms with E-state index in [9.17, 15) is 9.90 Å². The molecule has 0 spiro atoms. The molecule has 1 aromatic rings. The third kappa shape index (κ3) is 4.11. The highest BCUT2D eigenvalue weighted by molar-refractivity contribution is 8.04. The molecule has 0 fully saturated rings. The summed E-state index contributed by atoms with van der Waals surface area (Å²) in [5, 5.41) is 9.37. The lowest BCUT2D eigenvalue weighted by Crippen LogP contribution is -1.98. The molecule has 17 heavy (non-hydrogen) atoms. The Labute approximate surface area is 106 Å². The number of allylic oxidation sites excluding steroid dienone is 2. The molecule has 1 aromatic carbocycles. The van der Waals surface area contributed by atoms with E-state index in [4.69, 9.17) is 0 Å². The van der Waals surface area contributed by atoms with E-state index in [2.05, 4.69) is 6.58 Å². The Morgan fingerprint density at radius 3 is 2.35 bits per heavy atom. The predicted octanol–water partition coefficient (Wildman–Crippen LogP) is 3.81. The number of thioether (sulfide) groups is 1. The number of rotatable bonds is 5. The predicted molar refractivity (Wildman–Crippen MR) is 73.9 cm³/mol. The van der Waals surface area contributed by atoms with E-state index < -0.39 is 0 Å². The maximum absolute atomic E-state index is 11.3. The van der Waals surface area contributed by atoms with Crippen LogP contribution in [0.2, 0.25) is 0 Å². The standard InChI is InChI=1S/C14H16O2S/c1-10(13-7-5-4-6-8-13)9-17-14(11(2)15)12(3)16/h4-8,15H,1,9H2,2-3H3/b14-11+. The average Bonchev–Trinajstić information content (AvgIpc) is 2.29. The zero-order valence-electron chi connectivity index (χ0n) is 10.1. The van der Waals surface area contributed by atoms with E-state index in [0.29, 0.717) is 10.7 Å². The Kier molecular flexibility index (Phi) is 5.04. The molecule has 0 aromatic heterocycles. The number of hydrogen-bond acceptors (Lipinski definition) is 3. The third-order valence-electron chi connectivity index (χ3n) is 2.22. The maximum Gasteiger partial charge on any atom is 0.169 e. The molecule has 0 saturated heterocycles. The van der Waals surface area contributed by atoms with Gasteiger partial charge in [-0.15, -0.1) is 11.8 Å². The van der Waals surface area contributed by atoms with Crippen LogP contribution >= 0.6 is 11.8 Å². The van der Waals surface area contributed by atoms with E-state index in [1.807, 2.05) is 30.3 Å². The summed E-state index contributed by atoms with van der Waals surface area (Å²) in [6.07, 6.45) is 0. The van der Waals surface area contributed by atoms with Gasteiger partial charge in [0, 0.05) is 5.75 Å². The molecule has 0 aliphatic heterocycles. The molecule has 0 bridgehead atoms. The fourth-order valence-electron chi connectivity index (χ4n) is 1.38. The average molecular weight is 248 g/mol. The van der Waals surface area contributed by atoms with E-state index >= 15 is 0 Å². The SMILES string of the molecule is C=C(CS/C(C(C)=O)=C(\C)O)c1ccccc1. The Balaban J connectivity index is 2.66. The van der Waals surface area contributed by atoms with Crippen molar-refractivity contribution in [2.75, 3.05) is 5.75 Å². The first kappa shape index (κ1) is 13.6. The molecule has 0 saturated carbocycles. The first-order chi connectivity index (χ1) is 8.02. The second-order valence-corrected chi connectivity index (χ2v) is 4.71. The molecule has 0 heterocycles. The largest absolute Gasteiger partial charge is 0.511 e.